The van der Waals surface area contributed by atoms with E-state index in [4.69, 9.17) is 26.3 Å². The minimum absolute atomic E-state index is 0.205. The average molecular weight is 337 g/mol. The van der Waals surface area contributed by atoms with Gasteiger partial charge < -0.3 is 9.47 Å². The van der Waals surface area contributed by atoms with Gasteiger partial charge in [0.2, 0.25) is 0 Å². The second-order valence-electron chi connectivity index (χ2n) is 4.30. The highest BCUT2D eigenvalue weighted by Gasteiger charge is 2.23. The molecule has 0 saturated heterocycles. The summed E-state index contributed by atoms with van der Waals surface area (Å²) in [6.45, 7) is 0. The number of ketones is 1. The summed E-state index contributed by atoms with van der Waals surface area (Å²) in [5.41, 5.74) is 1.48. The predicted octanol–water partition coefficient (Wildman–Crippen LogP) is 3.24. The number of carbonyl (C=O) groups excluding carboxylic acids is 1. The number of ether oxygens (including phenoxy) is 2. The van der Waals surface area contributed by atoms with Crippen molar-refractivity contribution in [3.05, 3.63) is 28.6 Å². The lowest BCUT2D eigenvalue weighted by molar-refractivity contribution is -0.117. The molecule has 0 fully saturated rings. The summed E-state index contributed by atoms with van der Waals surface area (Å²) in [5.74, 6) is -0.269. The molecule has 2 aromatic rings. The Morgan fingerprint density at radius 3 is 2.73 bits per heavy atom. The molecule has 1 heterocycles. The molecule has 22 heavy (non-hydrogen) atoms. The van der Waals surface area contributed by atoms with Crippen molar-refractivity contribution in [3.8, 4) is 28.8 Å². The highest BCUT2D eigenvalue weighted by atomic mass is 35.5. The Kier molecular flexibility index (Phi) is 5.36. The second kappa shape index (κ2) is 7.25. The predicted molar refractivity (Wildman–Crippen MR) is 84.7 cm³/mol. The largest absolute Gasteiger partial charge is 0.493 e. The van der Waals surface area contributed by atoms with Crippen molar-refractivity contribution in [1.82, 2.24) is 4.98 Å². The summed E-state index contributed by atoms with van der Waals surface area (Å²) >= 11 is 6.78. The lowest BCUT2D eigenvalue weighted by Crippen LogP contribution is -2.11. The van der Waals surface area contributed by atoms with Gasteiger partial charge in [0, 0.05) is 10.9 Å². The number of hydrogen-bond donors (Lipinski definition) is 0. The van der Waals surface area contributed by atoms with Gasteiger partial charge in [0.15, 0.2) is 23.2 Å². The Morgan fingerprint density at radius 1 is 1.41 bits per heavy atom. The van der Waals surface area contributed by atoms with E-state index in [0.29, 0.717) is 22.2 Å². The summed E-state index contributed by atoms with van der Waals surface area (Å²) < 4.78 is 10.4. The number of hydrogen-bond acceptors (Lipinski definition) is 6. The molecule has 0 aliphatic carbocycles. The van der Waals surface area contributed by atoms with Gasteiger partial charge in [0.25, 0.3) is 0 Å². The van der Waals surface area contributed by atoms with Crippen LogP contribution in [0.4, 0.5) is 0 Å². The van der Waals surface area contributed by atoms with Crippen molar-refractivity contribution in [2.24, 2.45) is 0 Å². The molecule has 1 aromatic heterocycles. The normalized spacial score (nSPS) is 11.5. The molecule has 114 valence electrons. The van der Waals surface area contributed by atoms with E-state index in [1.807, 2.05) is 12.1 Å². The molecule has 0 bridgehead atoms. The van der Waals surface area contributed by atoms with Crippen molar-refractivity contribution in [2.45, 2.75) is 5.92 Å². The molecule has 1 unspecified atom stereocenters. The second-order valence-corrected chi connectivity index (χ2v) is 5.46. The van der Waals surface area contributed by atoms with Gasteiger partial charge in [-0.05, 0) is 18.2 Å². The number of nitrogens with zero attached hydrogens (tertiary/aromatic N) is 2. The van der Waals surface area contributed by atoms with Crippen molar-refractivity contribution in [3.63, 3.8) is 0 Å². The van der Waals surface area contributed by atoms with Crippen LogP contribution in [0.1, 0.15) is 10.9 Å². The molecule has 0 radical (unpaired) electrons. The molecule has 0 aliphatic rings. The zero-order valence-electron chi connectivity index (χ0n) is 12.0. The first-order valence-corrected chi connectivity index (χ1v) is 7.72. The number of alkyl halides is 1. The van der Waals surface area contributed by atoms with Gasteiger partial charge in [0.1, 0.15) is 5.01 Å². The fraction of sp³-hybridized carbons (Fsp3) is 0.267. The monoisotopic (exact) mass is 336 g/mol. The van der Waals surface area contributed by atoms with Crippen LogP contribution in [0.5, 0.6) is 11.5 Å². The summed E-state index contributed by atoms with van der Waals surface area (Å²) in [4.78, 5) is 16.0. The van der Waals surface area contributed by atoms with Gasteiger partial charge in [-0.3, -0.25) is 4.79 Å². The van der Waals surface area contributed by atoms with Crippen LogP contribution in [0.15, 0.2) is 23.6 Å². The van der Waals surface area contributed by atoms with E-state index < -0.39 is 5.92 Å². The van der Waals surface area contributed by atoms with E-state index in [9.17, 15) is 4.79 Å². The van der Waals surface area contributed by atoms with Gasteiger partial charge >= 0.3 is 0 Å². The van der Waals surface area contributed by atoms with Crippen LogP contribution in [0.3, 0.4) is 0 Å². The minimum atomic E-state index is -0.920. The quantitative estimate of drug-likeness (QED) is 0.757. The molecular weight excluding hydrogens is 324 g/mol. The third-order valence-corrected chi connectivity index (χ3v) is 4.20. The molecule has 1 atom stereocenters. The first-order chi connectivity index (χ1) is 10.6. The topological polar surface area (TPSA) is 72.2 Å². The number of rotatable bonds is 6. The maximum Gasteiger partial charge on any atom is 0.171 e. The molecule has 1 aromatic carbocycles. The summed E-state index contributed by atoms with van der Waals surface area (Å²) in [6, 6.07) is 7.35. The molecule has 7 heteroatoms. The molecule has 0 amide bonds. The fourth-order valence-electron chi connectivity index (χ4n) is 1.89. The van der Waals surface area contributed by atoms with E-state index in [0.717, 1.165) is 5.56 Å². The number of methoxy groups -OCH3 is 2. The van der Waals surface area contributed by atoms with Gasteiger partial charge in [-0.25, -0.2) is 4.98 Å². The van der Waals surface area contributed by atoms with E-state index in [2.05, 4.69) is 4.98 Å². The third-order valence-electron chi connectivity index (χ3n) is 3.03. The highest BCUT2D eigenvalue weighted by molar-refractivity contribution is 7.10. The maximum absolute atomic E-state index is 11.6. The lowest BCUT2D eigenvalue weighted by atomic mass is 10.1. The van der Waals surface area contributed by atoms with E-state index >= 15 is 0 Å². The van der Waals surface area contributed by atoms with Crippen molar-refractivity contribution in [2.75, 3.05) is 20.1 Å². The number of Topliss-reactive ketones (excluding diaryl/α,β-unsaturated/α-hetero) is 1. The summed E-state index contributed by atoms with van der Waals surface area (Å²) in [7, 11) is 3.12. The van der Waals surface area contributed by atoms with E-state index in [-0.39, 0.29) is 11.7 Å². The smallest absolute Gasteiger partial charge is 0.171 e. The van der Waals surface area contributed by atoms with Gasteiger partial charge in [0.05, 0.1) is 31.9 Å². The number of benzene rings is 1. The Morgan fingerprint density at radius 2 is 2.14 bits per heavy atom. The van der Waals surface area contributed by atoms with E-state index in [1.54, 1.807) is 31.7 Å². The Labute approximate surface area is 137 Å². The first-order valence-electron chi connectivity index (χ1n) is 6.30. The summed E-state index contributed by atoms with van der Waals surface area (Å²) in [5, 5.41) is 11.3. The van der Waals surface area contributed by atoms with Crippen LogP contribution in [0.25, 0.3) is 11.3 Å². The molecule has 5 nitrogen and oxygen atoms in total. The first kappa shape index (κ1) is 16.3. The summed E-state index contributed by atoms with van der Waals surface area (Å²) in [6.07, 6.45) is 0. The molecular formula is C15H13ClN2O3S. The van der Waals surface area contributed by atoms with Crippen LogP contribution in [-0.4, -0.2) is 30.9 Å². The van der Waals surface area contributed by atoms with Gasteiger partial charge in [-0.1, -0.05) is 0 Å². The van der Waals surface area contributed by atoms with Crippen molar-refractivity contribution < 1.29 is 14.3 Å². The van der Waals surface area contributed by atoms with Crippen LogP contribution >= 0.6 is 22.9 Å². The lowest BCUT2D eigenvalue weighted by Gasteiger charge is -2.08. The molecule has 0 aliphatic heterocycles. The minimum Gasteiger partial charge on any atom is -0.493 e. The SMILES string of the molecule is COc1ccc(-c2csc(C(C#N)C(=O)CCl)n2)cc1OC. The number of thiazole rings is 1. The zero-order chi connectivity index (χ0) is 16.1. The highest BCUT2D eigenvalue weighted by Crippen LogP contribution is 2.33. The molecule has 2 rings (SSSR count). The number of nitriles is 1. The third kappa shape index (κ3) is 3.21. The standard InChI is InChI=1S/C15H13ClN2O3S/c1-20-13-4-3-9(5-14(13)21-2)11-8-22-15(18-11)10(7-17)12(19)6-16/h3-5,8,10H,6H2,1-2H3. The van der Waals surface area contributed by atoms with Crippen LogP contribution in [0, 0.1) is 11.3 Å². The Balaban J connectivity index is 2.36. The van der Waals surface area contributed by atoms with Crippen molar-refractivity contribution in [1.29, 1.82) is 5.26 Å². The molecule has 0 N–H and O–H groups in total. The van der Waals surface area contributed by atoms with Gasteiger partial charge in [-0.2, -0.15) is 5.26 Å². The number of halogens is 1. The fourth-order valence-corrected chi connectivity index (χ4v) is 2.94. The van der Waals surface area contributed by atoms with E-state index in [1.165, 1.54) is 11.3 Å². The molecule has 0 saturated carbocycles. The average Bonchev–Trinajstić information content (AvgIpc) is 3.04. The van der Waals surface area contributed by atoms with Crippen LogP contribution in [-0.2, 0) is 4.79 Å². The maximum atomic E-state index is 11.6. The number of aromatic nitrogens is 1. The molecule has 0 spiro atoms. The zero-order valence-corrected chi connectivity index (χ0v) is 13.6. The number of carbonyl (C=O) groups is 1. The van der Waals surface area contributed by atoms with Crippen LogP contribution < -0.4 is 9.47 Å². The van der Waals surface area contributed by atoms with Gasteiger partial charge in [-0.15, -0.1) is 22.9 Å². The Hall–Kier alpha value is -2.10. The van der Waals surface area contributed by atoms with Crippen molar-refractivity contribution >= 4 is 28.7 Å². The van der Waals surface area contributed by atoms with Crippen LogP contribution in [0.2, 0.25) is 0 Å². The Bertz CT molecular complexity index is 724.